The molecule has 1 aromatic heterocycles. The molecule has 4 rings (SSSR count). The molecular weight excluding hydrogens is 1060 g/mol. The van der Waals surface area contributed by atoms with Crippen LogP contribution in [0.3, 0.4) is 0 Å². The average molecular weight is 1150 g/mol. The summed E-state index contributed by atoms with van der Waals surface area (Å²) >= 11 is 1.49. The summed E-state index contributed by atoms with van der Waals surface area (Å²) in [5.74, 6) is -7.17. The lowest BCUT2D eigenvalue weighted by molar-refractivity contribution is -0.138. The Kier molecular flexibility index (Phi) is 29.1. The van der Waals surface area contributed by atoms with Gasteiger partial charge in [-0.05, 0) is 117 Å². The van der Waals surface area contributed by atoms with Crippen LogP contribution >= 0.6 is 11.8 Å². The zero-order valence-corrected chi connectivity index (χ0v) is 50.3. The molecule has 18 heteroatoms. The van der Waals surface area contributed by atoms with Gasteiger partial charge in [0.15, 0.2) is 17.3 Å². The highest BCUT2D eigenvalue weighted by atomic mass is 32.2. The van der Waals surface area contributed by atoms with Crippen LogP contribution in [0, 0.1) is 35.5 Å². The van der Waals surface area contributed by atoms with Crippen LogP contribution < -0.4 is 27.0 Å². The van der Waals surface area contributed by atoms with Gasteiger partial charge < -0.3 is 42.2 Å². The third-order valence-corrected chi connectivity index (χ3v) is 15.9. The van der Waals surface area contributed by atoms with Crippen molar-refractivity contribution in [1.82, 2.24) is 26.3 Å². The normalized spacial score (nSPS) is 14.7. The van der Waals surface area contributed by atoms with Crippen LogP contribution in [-0.4, -0.2) is 111 Å². The Hall–Kier alpha value is -6.82. The topological polar surface area (TPSA) is 279 Å². The van der Waals surface area contributed by atoms with Crippen molar-refractivity contribution in [3.05, 3.63) is 102 Å². The first-order chi connectivity index (χ1) is 39.1. The van der Waals surface area contributed by atoms with Gasteiger partial charge in [-0.25, -0.2) is 0 Å². The van der Waals surface area contributed by atoms with Crippen molar-refractivity contribution in [2.75, 3.05) is 18.6 Å². The molecule has 0 aliphatic rings. The summed E-state index contributed by atoms with van der Waals surface area (Å²) in [7, 11) is 0. The van der Waals surface area contributed by atoms with E-state index in [-0.39, 0.29) is 74.6 Å². The molecular formula is C64H91N7O10S. The fourth-order valence-corrected chi connectivity index (χ4v) is 10.8. The molecule has 8 atom stereocenters. The van der Waals surface area contributed by atoms with E-state index in [1.54, 1.807) is 46.8 Å². The summed E-state index contributed by atoms with van der Waals surface area (Å²) in [6.45, 7) is 13.3. The second kappa shape index (κ2) is 35.2. The molecule has 0 saturated carbocycles. The number of benzene rings is 3. The highest BCUT2D eigenvalue weighted by molar-refractivity contribution is 7.98. The molecule has 0 unspecified atom stereocenters. The Balaban J connectivity index is 1.58. The van der Waals surface area contributed by atoms with Crippen LogP contribution in [-0.2, 0) is 57.6 Å². The number of phenols is 1. The highest BCUT2D eigenvalue weighted by Gasteiger charge is 2.37. The van der Waals surface area contributed by atoms with Gasteiger partial charge in [-0.1, -0.05) is 121 Å². The SMILES string of the molecule is CCCCC[C@@H](CC(=O)O)NC(=O)[C@@H](CC(=O)[C@H](CCSC)NC(=O)[C@@H](CC(=O)[C@@H](NC(=O)[C@@H](CC(=O)[C@H](Cc1ccccc1)NC(=O)[C@@H](CC)CCCN=C(C)N)Cc1ccc(O)cc1)C(C)C)C(C)C)Cc1c[nH]c2ccccc12. The number of nitrogens with one attached hydrogen (secondary N) is 5. The number of hydrogen-bond acceptors (Lipinski definition) is 11. The van der Waals surface area contributed by atoms with Gasteiger partial charge in [0.05, 0.1) is 30.4 Å². The molecule has 3 aromatic carbocycles. The number of phenolic OH excluding ortho intramolecular Hbond substituents is 1. The van der Waals surface area contributed by atoms with Gasteiger partial charge in [-0.3, -0.25) is 43.3 Å². The minimum atomic E-state index is -1.08. The first-order valence-electron chi connectivity index (χ1n) is 29.3. The number of nitrogens with two attached hydrogens (primary N) is 1. The van der Waals surface area contributed by atoms with E-state index in [2.05, 4.69) is 31.2 Å². The summed E-state index contributed by atoms with van der Waals surface area (Å²) in [5.41, 5.74) is 8.85. The number of aliphatic carboxylic acids is 1. The monoisotopic (exact) mass is 1150 g/mol. The van der Waals surface area contributed by atoms with Crippen molar-refractivity contribution in [1.29, 1.82) is 0 Å². The summed E-state index contributed by atoms with van der Waals surface area (Å²) in [5, 5.41) is 32.6. The predicted octanol–water partition coefficient (Wildman–Crippen LogP) is 8.87. The van der Waals surface area contributed by atoms with Crippen LogP contribution in [0.25, 0.3) is 10.9 Å². The van der Waals surface area contributed by atoms with Crippen LogP contribution in [0.5, 0.6) is 5.75 Å². The second-order valence-electron chi connectivity index (χ2n) is 22.6. The zero-order valence-electron chi connectivity index (χ0n) is 49.5. The number of carbonyl (C=O) groups is 8. The number of amides is 4. The van der Waals surface area contributed by atoms with Crippen molar-refractivity contribution >= 4 is 75.4 Å². The maximum absolute atomic E-state index is 14.7. The molecule has 0 aliphatic heterocycles. The number of nitrogens with zero attached hydrogens (tertiary/aromatic N) is 1. The minimum Gasteiger partial charge on any atom is -0.508 e. The molecule has 448 valence electrons. The Morgan fingerprint density at radius 3 is 1.85 bits per heavy atom. The molecule has 0 aliphatic carbocycles. The maximum atomic E-state index is 14.7. The number of para-hydroxylation sites is 1. The number of ketones is 3. The smallest absolute Gasteiger partial charge is 0.305 e. The molecule has 9 N–H and O–H groups in total. The van der Waals surface area contributed by atoms with Gasteiger partial charge in [0.25, 0.3) is 0 Å². The number of aliphatic imine (C=N–C) groups is 1. The van der Waals surface area contributed by atoms with Gasteiger partial charge in [-0.15, -0.1) is 0 Å². The molecule has 82 heavy (non-hydrogen) atoms. The molecule has 0 saturated heterocycles. The van der Waals surface area contributed by atoms with E-state index < -0.39 is 89.1 Å². The fourth-order valence-electron chi connectivity index (χ4n) is 10.4. The number of carbonyl (C=O) groups excluding carboxylic acids is 7. The number of rotatable bonds is 39. The van der Waals surface area contributed by atoms with Gasteiger partial charge in [0, 0.05) is 72.6 Å². The number of aromatic amines is 1. The van der Waals surface area contributed by atoms with Gasteiger partial charge in [0.2, 0.25) is 23.6 Å². The Labute approximate surface area is 489 Å². The van der Waals surface area contributed by atoms with Gasteiger partial charge >= 0.3 is 5.97 Å². The summed E-state index contributed by atoms with van der Waals surface area (Å²) in [4.78, 5) is 121. The number of aromatic nitrogens is 1. The predicted molar refractivity (Wildman–Crippen MR) is 325 cm³/mol. The Morgan fingerprint density at radius 1 is 0.622 bits per heavy atom. The Morgan fingerprint density at radius 2 is 1.23 bits per heavy atom. The largest absolute Gasteiger partial charge is 0.508 e. The van der Waals surface area contributed by atoms with Gasteiger partial charge in [-0.2, -0.15) is 11.8 Å². The third-order valence-electron chi connectivity index (χ3n) is 15.2. The minimum absolute atomic E-state index is 0.0188. The number of fused-ring (bicyclic) bond motifs is 1. The lowest BCUT2D eigenvalue weighted by Crippen LogP contribution is -2.51. The van der Waals surface area contributed by atoms with E-state index >= 15 is 0 Å². The molecule has 0 radical (unpaired) electrons. The number of Topliss-reactive ketones (excluding diaryl/α,β-unsaturated/α-hetero) is 3. The quantitative estimate of drug-likeness (QED) is 0.0118. The molecule has 0 bridgehead atoms. The first kappa shape index (κ1) is 67.7. The average Bonchev–Trinajstić information content (AvgIpc) is 3.85. The molecule has 0 fully saturated rings. The molecule has 0 spiro atoms. The second-order valence-corrected chi connectivity index (χ2v) is 23.6. The summed E-state index contributed by atoms with van der Waals surface area (Å²) in [6, 6.07) is 19.5. The van der Waals surface area contributed by atoms with Crippen molar-refractivity contribution in [2.24, 2.45) is 46.2 Å². The number of carboxylic acids is 1. The Bertz CT molecular complexity index is 2720. The number of amidine groups is 1. The van der Waals surface area contributed by atoms with E-state index in [9.17, 15) is 48.6 Å². The van der Waals surface area contributed by atoms with E-state index in [0.717, 1.165) is 41.3 Å². The molecule has 1 heterocycles. The summed E-state index contributed by atoms with van der Waals surface area (Å²) in [6.07, 6.45) is 7.92. The number of carboxylic acid groups (broad SMARTS) is 1. The lowest BCUT2D eigenvalue weighted by Gasteiger charge is -2.29. The third kappa shape index (κ3) is 22.8. The van der Waals surface area contributed by atoms with Crippen LogP contribution in [0.1, 0.15) is 142 Å². The number of thioether (sulfide) groups is 1. The molecule has 4 aromatic rings. The number of aromatic hydroxyl groups is 1. The zero-order chi connectivity index (χ0) is 60.3. The van der Waals surface area contributed by atoms with E-state index in [0.29, 0.717) is 49.4 Å². The van der Waals surface area contributed by atoms with Gasteiger partial charge in [0.1, 0.15) is 5.75 Å². The van der Waals surface area contributed by atoms with Crippen molar-refractivity contribution in [3.8, 4) is 5.75 Å². The maximum Gasteiger partial charge on any atom is 0.305 e. The molecule has 4 amide bonds. The van der Waals surface area contributed by atoms with Crippen LogP contribution in [0.4, 0.5) is 0 Å². The standard InChI is InChI=1S/C64H91N7O10S/c1-9-11-13-22-49(37-59(76)77)68-62(79)47(34-48-39-67-53-24-17-16-23-51(48)53)36-56(73)54(29-31-82-8)69-64(81)52(40(3)4)38-58(75)60(41(5)6)71-63(80)46(32-44-25-27-50(72)28-26-44)35-57(74)55(33-43-19-14-12-15-20-43)70-61(78)45(10-2)21-18-30-66-42(7)65/h12,14-17,19-20,23-28,39-41,45-47,49,52,54-55,60,67,72H,9-11,13,18,21-22,29-38H2,1-8H3,(H2,65,66)(H,68,79)(H,69,81)(H,70,78)(H,71,80)(H,76,77)/t45-,46+,47+,49-,52-,54-,55-,60-/m0/s1. The van der Waals surface area contributed by atoms with E-state index in [4.69, 9.17) is 5.73 Å². The van der Waals surface area contributed by atoms with Crippen molar-refractivity contribution in [2.45, 2.75) is 169 Å². The lowest BCUT2D eigenvalue weighted by atomic mass is 9.84. The van der Waals surface area contributed by atoms with Crippen molar-refractivity contribution in [3.63, 3.8) is 0 Å². The number of unbranched alkanes of at least 4 members (excludes halogenated alkanes) is 2. The summed E-state index contributed by atoms with van der Waals surface area (Å²) < 4.78 is 0. The van der Waals surface area contributed by atoms with Crippen LogP contribution in [0.2, 0.25) is 0 Å². The van der Waals surface area contributed by atoms with E-state index in [1.165, 1.54) is 23.9 Å². The number of hydrogen-bond donors (Lipinski definition) is 8. The highest BCUT2D eigenvalue weighted by Crippen LogP contribution is 2.27. The van der Waals surface area contributed by atoms with Crippen molar-refractivity contribution < 1.29 is 48.6 Å². The van der Waals surface area contributed by atoms with Crippen LogP contribution in [0.15, 0.2) is 90.1 Å². The fraction of sp³-hybridized carbons (Fsp3) is 0.547. The van der Waals surface area contributed by atoms with E-state index in [1.807, 2.05) is 80.9 Å². The first-order valence-corrected chi connectivity index (χ1v) is 30.7. The number of H-pyrrole nitrogens is 1. The molecule has 17 nitrogen and oxygen atoms in total.